The van der Waals surface area contributed by atoms with Crippen molar-refractivity contribution in [1.82, 2.24) is 0 Å². The Labute approximate surface area is 635 Å². The van der Waals surface area contributed by atoms with Gasteiger partial charge in [0, 0.05) is 118 Å². The number of pyridine rings is 5. The zero-order chi connectivity index (χ0) is 80.4. The third-order valence-electron chi connectivity index (χ3n) is 21.5. The van der Waals surface area contributed by atoms with Crippen LogP contribution >= 0.6 is 0 Å². The zero-order valence-electron chi connectivity index (χ0n) is 72.0. The summed E-state index contributed by atoms with van der Waals surface area (Å²) in [5.41, 5.74) is 38.0. The van der Waals surface area contributed by atoms with Gasteiger partial charge >= 0.3 is 0 Å². The van der Waals surface area contributed by atoms with Gasteiger partial charge in [-0.2, -0.15) is 22.8 Å². The highest BCUT2D eigenvalue weighted by Gasteiger charge is 2.24. The number of benzene rings is 10. The molecule has 0 aliphatic heterocycles. The fourth-order valence-corrected chi connectivity index (χ4v) is 15.4. The molecule has 0 aliphatic rings. The van der Waals surface area contributed by atoms with Crippen LogP contribution in [0.3, 0.4) is 0 Å². The lowest BCUT2D eigenvalue weighted by Crippen LogP contribution is -2.32. The first-order chi connectivity index (χ1) is 52.5. The highest BCUT2D eigenvalue weighted by atomic mass is 15.0. The molecule has 0 spiro atoms. The molecule has 5 aromatic heterocycles. The SMILES string of the molecule is Cc1cc(C)c(C)c(-c2cc(C)c3c(C)cccc3[n+]2C)c1.Cc1cc(C)c(C)c(-c2ccc3c(CC(C)C)cccc3[n+]2C)c1.Cc1cc(C)c(C)c(-c2ccc3ccccc3[n+]2C)c1.[2H]C([2H])([2H])c1cc(C)cc(-c2ccc3ccccc3[n+]2C)c1C.[2H]C([2H])([2H])c1ccc(-c2ccc3ccccc3[n+]2C)c(C)c1. The molecule has 0 radical (unpaired) electrons. The van der Waals surface area contributed by atoms with Crippen LogP contribution < -0.4 is 22.8 Å². The molecule has 0 bridgehead atoms. The maximum atomic E-state index is 7.78. The van der Waals surface area contributed by atoms with Crippen LogP contribution in [0.15, 0.2) is 231 Å². The minimum Gasteiger partial charge on any atom is -0.194 e. The topological polar surface area (TPSA) is 19.4 Å². The fraction of sp³-hybridized carbons (Fsp3) is 0.250. The van der Waals surface area contributed by atoms with E-state index in [1.807, 2.05) is 65.2 Å². The molecule has 5 heterocycles. The number of fused-ring (bicyclic) bond motifs is 5. The summed E-state index contributed by atoms with van der Waals surface area (Å²) in [6.45, 7) is 30.4. The van der Waals surface area contributed by atoms with Gasteiger partial charge in [0.25, 0.3) is 0 Å². The van der Waals surface area contributed by atoms with Crippen molar-refractivity contribution in [2.45, 2.75) is 131 Å². The lowest BCUT2D eigenvalue weighted by atomic mass is 9.95. The monoisotopic (exact) mass is 1390 g/mol. The second-order valence-electron chi connectivity index (χ2n) is 29.8. The van der Waals surface area contributed by atoms with Crippen molar-refractivity contribution in [3.8, 4) is 56.3 Å². The number of nitrogens with zero attached hydrogens (tertiary/aromatic N) is 5. The third-order valence-corrected chi connectivity index (χ3v) is 21.5. The summed E-state index contributed by atoms with van der Waals surface area (Å²) in [5.74, 6) is 0.669. The van der Waals surface area contributed by atoms with Crippen LogP contribution in [0.1, 0.15) is 117 Å². The highest BCUT2D eigenvalue weighted by Crippen LogP contribution is 2.33. The molecule has 15 rings (SSSR count). The van der Waals surface area contributed by atoms with E-state index < -0.39 is 13.7 Å². The molecule has 5 heteroatoms. The van der Waals surface area contributed by atoms with Gasteiger partial charge in [-0.3, -0.25) is 0 Å². The quantitative estimate of drug-likeness (QED) is 0.142. The Morgan fingerprint density at radius 3 is 1.07 bits per heavy atom. The van der Waals surface area contributed by atoms with Gasteiger partial charge in [-0.25, -0.2) is 0 Å². The van der Waals surface area contributed by atoms with Gasteiger partial charge in [0.1, 0.15) is 35.2 Å². The molecule has 0 aliphatic carbocycles. The molecule has 0 fully saturated rings. The molecule has 530 valence electrons. The molecule has 0 unspecified atom stereocenters. The Kier molecular flexibility index (Phi) is 20.6. The van der Waals surface area contributed by atoms with Gasteiger partial charge in [0.2, 0.25) is 56.1 Å². The summed E-state index contributed by atoms with van der Waals surface area (Å²) >= 11 is 0. The van der Waals surface area contributed by atoms with E-state index in [2.05, 4.69) is 316 Å². The lowest BCUT2D eigenvalue weighted by molar-refractivity contribution is -0.633. The van der Waals surface area contributed by atoms with Crippen molar-refractivity contribution in [1.29, 1.82) is 0 Å². The van der Waals surface area contributed by atoms with Crippen LogP contribution in [0.2, 0.25) is 0 Å². The van der Waals surface area contributed by atoms with Gasteiger partial charge in [0.05, 0.1) is 5.39 Å². The third kappa shape index (κ3) is 16.2. The molecule has 0 saturated heterocycles. The Balaban J connectivity index is 0.000000138. The molecule has 0 N–H and O–H groups in total. The normalized spacial score (nSPS) is 12.2. The largest absolute Gasteiger partial charge is 0.213 e. The number of aryl methyl sites for hydroxylation is 17. The summed E-state index contributed by atoms with van der Waals surface area (Å²) in [5, 5.41) is 6.38. The van der Waals surface area contributed by atoms with Gasteiger partial charge in [-0.05, 0) is 263 Å². The molecule has 10 aromatic carbocycles. The Morgan fingerprint density at radius 2 is 0.629 bits per heavy atom. The van der Waals surface area contributed by atoms with Crippen LogP contribution in [0, 0.1) is 117 Å². The average molecular weight is 1390 g/mol. The molecular formula is C100H110N5+5. The standard InChI is InChI=1S/C23H28N.C21H24N.2C19H20N.C18H18N/c1-15(2)12-19-8-7-9-22-20(19)10-11-23(24(22)6)21-14-16(3)13-17(4)18(21)5;1-13-10-15(3)17(5)18(11-13)20-12-16(4)21-14(2)8-7-9-19(21)22(20)6;2*1-13-11-14(2)15(3)17(12-13)19-10-9-16-7-5-6-8-18(16)20(19)4;1-13-8-10-16(14(2)12-13)18-11-9-15-6-4-5-7-17(15)19(18)3/h7-11,13-15H,12H2,1-6H3;7-12H,1-6H3;2*5-12H,1-4H3;4-12H,1-3H3/q5*+1/i;;2D3;;1D3. The summed E-state index contributed by atoms with van der Waals surface area (Å²) in [6, 6.07) is 80.8. The van der Waals surface area contributed by atoms with E-state index in [-0.39, 0.29) is 0 Å². The molecule has 0 amide bonds. The van der Waals surface area contributed by atoms with Gasteiger partial charge in [0.15, 0.2) is 0 Å². The van der Waals surface area contributed by atoms with E-state index >= 15 is 0 Å². The number of aromatic nitrogens is 5. The number of hydrogen-bond donors (Lipinski definition) is 0. The minimum atomic E-state index is -2.10. The first kappa shape index (κ1) is 67.4. The van der Waals surface area contributed by atoms with Crippen molar-refractivity contribution in [3.63, 3.8) is 0 Å². The predicted molar refractivity (Wildman–Crippen MR) is 447 cm³/mol. The van der Waals surface area contributed by atoms with E-state index in [0.29, 0.717) is 17.0 Å². The molecule has 15 aromatic rings. The summed E-state index contributed by atoms with van der Waals surface area (Å²) in [7, 11) is 10.6. The Morgan fingerprint density at radius 1 is 0.267 bits per heavy atom. The smallest absolute Gasteiger partial charge is 0.194 e. The number of para-hydroxylation sites is 3. The fourth-order valence-electron chi connectivity index (χ4n) is 15.4. The zero-order valence-corrected chi connectivity index (χ0v) is 66.0. The Hall–Kier alpha value is -10.8. The van der Waals surface area contributed by atoms with E-state index in [9.17, 15) is 0 Å². The highest BCUT2D eigenvalue weighted by molar-refractivity contribution is 5.86. The maximum Gasteiger partial charge on any atom is 0.213 e. The van der Waals surface area contributed by atoms with Crippen molar-refractivity contribution in [2.24, 2.45) is 41.2 Å². The van der Waals surface area contributed by atoms with E-state index in [4.69, 9.17) is 8.22 Å². The van der Waals surface area contributed by atoms with Gasteiger partial charge < -0.3 is 0 Å². The molecule has 5 nitrogen and oxygen atoms in total. The van der Waals surface area contributed by atoms with Crippen LogP contribution in [0.4, 0.5) is 0 Å². The van der Waals surface area contributed by atoms with Gasteiger partial charge in [-0.15, -0.1) is 0 Å². The summed E-state index contributed by atoms with van der Waals surface area (Å²) in [4.78, 5) is 0. The van der Waals surface area contributed by atoms with Gasteiger partial charge in [-0.1, -0.05) is 139 Å². The van der Waals surface area contributed by atoms with Crippen LogP contribution in [-0.2, 0) is 41.7 Å². The lowest BCUT2D eigenvalue weighted by Gasteiger charge is -2.12. The second kappa shape index (κ2) is 32.1. The van der Waals surface area contributed by atoms with E-state index in [0.717, 1.165) is 56.7 Å². The minimum absolute atomic E-state index is 0.386. The van der Waals surface area contributed by atoms with E-state index in [1.165, 1.54) is 144 Å². The predicted octanol–water partition coefficient (Wildman–Crippen LogP) is 22.8. The first-order valence-corrected chi connectivity index (χ1v) is 36.9. The second-order valence-corrected chi connectivity index (χ2v) is 29.8. The molecule has 0 atom stereocenters. The average Bonchev–Trinajstić information content (AvgIpc) is 0.789. The summed E-state index contributed by atoms with van der Waals surface area (Å²) in [6.07, 6.45) is 1.12. The number of rotatable bonds is 7. The summed E-state index contributed by atoms with van der Waals surface area (Å²) < 4.78 is 57.1. The van der Waals surface area contributed by atoms with Crippen molar-refractivity contribution >= 4 is 54.5 Å². The maximum absolute atomic E-state index is 7.78. The molecule has 105 heavy (non-hydrogen) atoms. The van der Waals surface area contributed by atoms with Crippen LogP contribution in [-0.4, -0.2) is 0 Å². The van der Waals surface area contributed by atoms with Crippen molar-refractivity contribution in [3.05, 3.63) is 325 Å². The Bertz CT molecular complexity index is 6060. The molecule has 0 saturated carbocycles. The van der Waals surface area contributed by atoms with Crippen molar-refractivity contribution < 1.29 is 31.1 Å². The van der Waals surface area contributed by atoms with Crippen molar-refractivity contribution in [2.75, 3.05) is 0 Å². The number of hydrogen-bond acceptors (Lipinski definition) is 0. The van der Waals surface area contributed by atoms with Crippen LogP contribution in [0.5, 0.6) is 0 Å². The molecular weight excluding hydrogens is 1270 g/mol. The first-order valence-electron chi connectivity index (χ1n) is 39.9. The van der Waals surface area contributed by atoms with E-state index in [1.54, 1.807) is 18.2 Å². The van der Waals surface area contributed by atoms with Crippen LogP contribution in [0.25, 0.3) is 111 Å².